The van der Waals surface area contributed by atoms with E-state index in [-0.39, 0.29) is 27.0 Å². The van der Waals surface area contributed by atoms with Crippen LogP contribution in [0.1, 0.15) is 33.6 Å². The second kappa shape index (κ2) is 5.13. The highest BCUT2D eigenvalue weighted by molar-refractivity contribution is 9.09. The number of amides is 1. The Kier molecular flexibility index (Phi) is 3.71. The Labute approximate surface area is 146 Å². The maximum atomic E-state index is 13.2. The molecule has 3 unspecified atom stereocenters. The number of nitrogens with one attached hydrogen (secondary N) is 1. The smallest absolute Gasteiger partial charge is 0.232 e. The van der Waals surface area contributed by atoms with Gasteiger partial charge in [-0.25, -0.2) is 0 Å². The maximum Gasteiger partial charge on any atom is 0.232 e. The van der Waals surface area contributed by atoms with Crippen LogP contribution < -0.4 is 14.8 Å². The van der Waals surface area contributed by atoms with Gasteiger partial charge in [0.25, 0.3) is 0 Å². The van der Waals surface area contributed by atoms with E-state index in [4.69, 9.17) is 9.47 Å². The summed E-state index contributed by atoms with van der Waals surface area (Å²) in [5, 5.41) is 3.09. The second-order valence-electron chi connectivity index (χ2n) is 7.40. The topological polar surface area (TPSA) is 47.6 Å². The number of carbonyl (C=O) groups is 1. The molecule has 3 saturated carbocycles. The van der Waals surface area contributed by atoms with Crippen molar-refractivity contribution in [1.29, 1.82) is 0 Å². The van der Waals surface area contributed by atoms with Crippen LogP contribution in [0.5, 0.6) is 11.5 Å². The Hall–Kier alpha value is -1.23. The largest absolute Gasteiger partial charge is 0.497 e. The molecule has 2 bridgehead atoms. The normalized spacial score (nSPS) is 33.7. The first-order valence-corrected chi connectivity index (χ1v) is 8.84. The van der Waals surface area contributed by atoms with Crippen molar-refractivity contribution in [1.82, 2.24) is 0 Å². The first kappa shape index (κ1) is 16.6. The van der Waals surface area contributed by atoms with Crippen LogP contribution in [0.4, 0.5) is 5.69 Å². The molecule has 3 atom stereocenters. The molecule has 3 aliphatic rings. The van der Waals surface area contributed by atoms with Crippen molar-refractivity contribution in [2.24, 2.45) is 16.2 Å². The fourth-order valence-electron chi connectivity index (χ4n) is 4.60. The zero-order valence-corrected chi connectivity index (χ0v) is 15.9. The lowest BCUT2D eigenvalue weighted by Crippen LogP contribution is -2.68. The predicted molar refractivity (Wildman–Crippen MR) is 94.4 cm³/mol. The molecule has 3 aliphatic carbocycles. The average molecular weight is 382 g/mol. The summed E-state index contributed by atoms with van der Waals surface area (Å²) in [7, 11) is 3.21. The molecule has 0 aromatic heterocycles. The summed E-state index contributed by atoms with van der Waals surface area (Å²) in [5.74, 6) is 1.39. The number of benzene rings is 1. The molecule has 4 nitrogen and oxygen atoms in total. The van der Waals surface area contributed by atoms with Crippen molar-refractivity contribution < 1.29 is 14.3 Å². The quantitative estimate of drug-likeness (QED) is 0.793. The van der Waals surface area contributed by atoms with Gasteiger partial charge in [-0.3, -0.25) is 4.79 Å². The molecule has 1 aromatic carbocycles. The van der Waals surface area contributed by atoms with Crippen molar-refractivity contribution in [2.75, 3.05) is 19.5 Å². The van der Waals surface area contributed by atoms with E-state index in [1.807, 2.05) is 12.1 Å². The molecule has 0 saturated heterocycles. The van der Waals surface area contributed by atoms with E-state index in [1.165, 1.54) is 0 Å². The lowest BCUT2D eigenvalue weighted by molar-refractivity contribution is -0.156. The number of halogens is 1. The van der Waals surface area contributed by atoms with E-state index >= 15 is 0 Å². The minimum atomic E-state index is -0.379. The van der Waals surface area contributed by atoms with Crippen LogP contribution >= 0.6 is 15.9 Å². The fraction of sp³-hybridized carbons (Fsp3) is 0.611. The van der Waals surface area contributed by atoms with E-state index in [9.17, 15) is 4.79 Å². The zero-order chi connectivity index (χ0) is 17.0. The first-order valence-electron chi connectivity index (χ1n) is 7.92. The van der Waals surface area contributed by atoms with Crippen LogP contribution in [0.2, 0.25) is 0 Å². The number of alkyl halides is 1. The van der Waals surface area contributed by atoms with E-state index in [0.717, 1.165) is 12.8 Å². The van der Waals surface area contributed by atoms with Gasteiger partial charge in [0.15, 0.2) is 0 Å². The van der Waals surface area contributed by atoms with Gasteiger partial charge in [-0.15, -0.1) is 0 Å². The van der Waals surface area contributed by atoms with Crippen molar-refractivity contribution in [3.63, 3.8) is 0 Å². The van der Waals surface area contributed by atoms with Gasteiger partial charge in [0.05, 0.1) is 25.3 Å². The number of hydrogen-bond acceptors (Lipinski definition) is 3. The van der Waals surface area contributed by atoms with Crippen LogP contribution in [0.15, 0.2) is 18.2 Å². The van der Waals surface area contributed by atoms with Gasteiger partial charge in [-0.1, -0.05) is 36.7 Å². The van der Waals surface area contributed by atoms with Crippen molar-refractivity contribution in [3.8, 4) is 11.5 Å². The molecule has 0 heterocycles. The van der Waals surface area contributed by atoms with Gasteiger partial charge in [-0.05, 0) is 35.8 Å². The summed E-state index contributed by atoms with van der Waals surface area (Å²) in [6.45, 7) is 6.69. The number of hydrogen-bond donors (Lipinski definition) is 1. The SMILES string of the molecule is COc1ccc(OC)c(NC(=O)C23CCC(C)(C2Br)C3(C)C)c1. The summed E-state index contributed by atoms with van der Waals surface area (Å²) in [5.41, 5.74) is 0.408. The lowest BCUT2D eigenvalue weighted by atomic mass is 9.43. The van der Waals surface area contributed by atoms with Crippen LogP contribution in [0.25, 0.3) is 0 Å². The molecular formula is C18H24BrNO3. The van der Waals surface area contributed by atoms with Gasteiger partial charge in [0, 0.05) is 10.9 Å². The highest BCUT2D eigenvalue weighted by Crippen LogP contribution is 2.79. The molecule has 0 spiro atoms. The summed E-state index contributed by atoms with van der Waals surface area (Å²) in [4.78, 5) is 13.4. The minimum absolute atomic E-state index is 0.0373. The third-order valence-electron chi connectivity index (χ3n) is 6.63. The molecule has 126 valence electrons. The number of methoxy groups -OCH3 is 2. The molecule has 23 heavy (non-hydrogen) atoms. The molecule has 1 amide bonds. The van der Waals surface area contributed by atoms with Gasteiger partial charge in [0.1, 0.15) is 11.5 Å². The van der Waals surface area contributed by atoms with Crippen LogP contribution in [-0.4, -0.2) is 25.0 Å². The van der Waals surface area contributed by atoms with Gasteiger partial charge in [-0.2, -0.15) is 0 Å². The molecule has 3 fully saturated rings. The molecular weight excluding hydrogens is 358 g/mol. The van der Waals surface area contributed by atoms with Crippen molar-refractivity contribution in [2.45, 2.75) is 38.4 Å². The van der Waals surface area contributed by atoms with Crippen LogP contribution in [0, 0.1) is 16.2 Å². The third kappa shape index (κ3) is 1.86. The van der Waals surface area contributed by atoms with Gasteiger partial charge < -0.3 is 14.8 Å². The molecule has 4 rings (SSSR count). The molecule has 1 aromatic rings. The van der Waals surface area contributed by atoms with Gasteiger partial charge >= 0.3 is 0 Å². The Morgan fingerprint density at radius 3 is 2.39 bits per heavy atom. The average Bonchev–Trinajstić information content (AvgIpc) is 2.94. The Morgan fingerprint density at radius 2 is 1.91 bits per heavy atom. The summed E-state index contributed by atoms with van der Waals surface area (Å²) in [6.07, 6.45) is 1.98. The number of carbonyl (C=O) groups excluding carboxylic acids is 1. The van der Waals surface area contributed by atoms with E-state index in [2.05, 4.69) is 42.0 Å². The van der Waals surface area contributed by atoms with E-state index < -0.39 is 0 Å². The minimum Gasteiger partial charge on any atom is -0.497 e. The Morgan fingerprint density at radius 1 is 1.22 bits per heavy atom. The van der Waals surface area contributed by atoms with Gasteiger partial charge in [0.2, 0.25) is 5.91 Å². The van der Waals surface area contributed by atoms with Crippen molar-refractivity contribution >= 4 is 27.5 Å². The lowest BCUT2D eigenvalue weighted by Gasteiger charge is -2.64. The zero-order valence-electron chi connectivity index (χ0n) is 14.3. The monoisotopic (exact) mass is 381 g/mol. The molecule has 1 N–H and O–H groups in total. The van der Waals surface area contributed by atoms with E-state index in [0.29, 0.717) is 17.2 Å². The number of anilines is 1. The molecule has 5 heteroatoms. The summed E-state index contributed by atoms with van der Waals surface area (Å²) in [6, 6.07) is 5.43. The highest BCUT2D eigenvalue weighted by atomic mass is 79.9. The van der Waals surface area contributed by atoms with Crippen molar-refractivity contribution in [3.05, 3.63) is 18.2 Å². The Bertz CT molecular complexity index is 660. The molecule has 0 aliphatic heterocycles. The molecule has 0 radical (unpaired) electrons. The number of ether oxygens (including phenoxy) is 2. The number of rotatable bonds is 4. The first-order chi connectivity index (χ1) is 10.7. The summed E-state index contributed by atoms with van der Waals surface area (Å²) < 4.78 is 10.6. The third-order valence-corrected chi connectivity index (χ3v) is 8.43. The summed E-state index contributed by atoms with van der Waals surface area (Å²) >= 11 is 3.80. The van der Waals surface area contributed by atoms with Crippen LogP contribution in [-0.2, 0) is 4.79 Å². The standard InChI is InChI=1S/C18H24BrNO3/c1-16(2)17(3)8-9-18(16,14(17)19)15(21)20-12-10-11(22-4)6-7-13(12)23-5/h6-7,10,14H,8-9H2,1-5H3,(H,20,21). The fourth-order valence-corrected chi connectivity index (χ4v) is 6.41. The highest BCUT2D eigenvalue weighted by Gasteiger charge is 2.80. The second-order valence-corrected chi connectivity index (χ2v) is 8.31. The van der Waals surface area contributed by atoms with E-state index in [1.54, 1.807) is 20.3 Å². The maximum absolute atomic E-state index is 13.2. The number of fused-ring (bicyclic) bond motifs is 1. The predicted octanol–water partition coefficient (Wildman–Crippen LogP) is 4.23. The van der Waals surface area contributed by atoms with Crippen LogP contribution in [0.3, 0.4) is 0 Å². The Balaban J connectivity index is 1.92.